The zero-order chi connectivity index (χ0) is 46.5. The van der Waals surface area contributed by atoms with E-state index in [1.165, 1.54) is 135 Å². The van der Waals surface area contributed by atoms with Crippen LogP contribution < -0.4 is 0 Å². The average Bonchev–Trinajstić information content (AvgIpc) is 3.29. The van der Waals surface area contributed by atoms with Crippen molar-refractivity contribution in [2.45, 2.75) is 252 Å². The molecule has 0 spiro atoms. The van der Waals surface area contributed by atoms with Gasteiger partial charge in [0.2, 0.25) is 0 Å². The fourth-order valence-electron chi connectivity index (χ4n) is 7.28. The van der Waals surface area contributed by atoms with Crippen LogP contribution in [0, 0.1) is 0 Å². The lowest BCUT2D eigenvalue weighted by molar-refractivity contribution is -0.167. The van der Waals surface area contributed by atoms with Crippen LogP contribution in [0.1, 0.15) is 245 Å². The second-order valence-electron chi connectivity index (χ2n) is 17.6. The van der Waals surface area contributed by atoms with Crippen LogP contribution in [0.15, 0.2) is 85.1 Å². The van der Waals surface area contributed by atoms with Crippen LogP contribution in [0.25, 0.3) is 0 Å². The summed E-state index contributed by atoms with van der Waals surface area (Å²) in [5.41, 5.74) is 0. The summed E-state index contributed by atoms with van der Waals surface area (Å²) in [4.78, 5) is 38.0. The molecule has 0 radical (unpaired) electrons. The number of allylic oxidation sites excluding steroid dienone is 14. The highest BCUT2D eigenvalue weighted by atomic mass is 16.6. The standard InChI is InChI=1S/C58H98O6/c1-4-7-10-13-16-19-22-25-27-28-29-30-32-33-36-39-42-45-48-51-57(60)63-54-55(53-62-56(59)50-47-44-41-38-35-24-21-18-15-12-9-6-3)64-58(61)52-49-46-43-40-37-34-31-26-23-20-17-14-11-8-5-2/h8,11,14,16-17,19-20,22-23,25-26,31,34,37,55H,4-7,9-10,12-13,15,18,21,24,27-30,32-33,35-36,38-54H2,1-3H3/b11-8-,17-14-,19-16-,23-20-,25-22-,31-26-,37-34-. The molecule has 366 valence electrons. The Morgan fingerprint density at radius 3 is 1.02 bits per heavy atom. The van der Waals surface area contributed by atoms with Crippen molar-refractivity contribution in [2.75, 3.05) is 13.2 Å². The fourth-order valence-corrected chi connectivity index (χ4v) is 7.28. The van der Waals surface area contributed by atoms with E-state index in [0.29, 0.717) is 19.3 Å². The molecule has 1 unspecified atom stereocenters. The van der Waals surface area contributed by atoms with E-state index < -0.39 is 6.10 Å². The minimum atomic E-state index is -0.798. The van der Waals surface area contributed by atoms with Crippen molar-refractivity contribution in [1.82, 2.24) is 0 Å². The number of ether oxygens (including phenoxy) is 3. The Bertz CT molecular complexity index is 1250. The molecule has 1 atom stereocenters. The molecule has 0 rings (SSSR count). The van der Waals surface area contributed by atoms with Gasteiger partial charge in [-0.15, -0.1) is 0 Å². The first-order valence-electron chi connectivity index (χ1n) is 26.7. The summed E-state index contributed by atoms with van der Waals surface area (Å²) in [6.07, 6.45) is 67.1. The van der Waals surface area contributed by atoms with E-state index in [-0.39, 0.29) is 37.5 Å². The van der Waals surface area contributed by atoms with Crippen LogP contribution in [0.2, 0.25) is 0 Å². The predicted molar refractivity (Wildman–Crippen MR) is 274 cm³/mol. The SMILES string of the molecule is CC\C=C/C=C\C=C/C=C\C=C/CCCCCC(=O)OC(COC(=O)CCCCCCCCCCCC/C=C\C=C/CCCCC)COC(=O)CCCCCCCCCCCCCC. The summed E-state index contributed by atoms with van der Waals surface area (Å²) in [7, 11) is 0. The highest BCUT2D eigenvalue weighted by Crippen LogP contribution is 2.15. The van der Waals surface area contributed by atoms with Crippen LogP contribution >= 0.6 is 0 Å². The number of rotatable bonds is 47. The van der Waals surface area contributed by atoms with Gasteiger partial charge >= 0.3 is 17.9 Å². The first-order valence-corrected chi connectivity index (χ1v) is 26.7. The minimum Gasteiger partial charge on any atom is -0.462 e. The van der Waals surface area contributed by atoms with E-state index in [9.17, 15) is 14.4 Å². The van der Waals surface area contributed by atoms with Crippen LogP contribution in [-0.4, -0.2) is 37.2 Å². The Hall–Kier alpha value is -3.41. The quantitative estimate of drug-likeness (QED) is 0.0262. The third-order valence-electron chi connectivity index (χ3n) is 11.3. The van der Waals surface area contributed by atoms with E-state index in [2.05, 4.69) is 57.2 Å². The van der Waals surface area contributed by atoms with Gasteiger partial charge in [-0.3, -0.25) is 14.4 Å². The van der Waals surface area contributed by atoms with Crippen LogP contribution in [0.4, 0.5) is 0 Å². The van der Waals surface area contributed by atoms with Crippen molar-refractivity contribution in [1.29, 1.82) is 0 Å². The summed E-state index contributed by atoms with van der Waals surface area (Å²) in [6.45, 7) is 6.43. The topological polar surface area (TPSA) is 78.9 Å². The molecule has 6 heteroatoms. The van der Waals surface area contributed by atoms with Gasteiger partial charge < -0.3 is 14.2 Å². The highest BCUT2D eigenvalue weighted by molar-refractivity contribution is 5.71. The third-order valence-corrected chi connectivity index (χ3v) is 11.3. The Morgan fingerprint density at radius 2 is 0.609 bits per heavy atom. The number of carbonyl (C=O) groups is 3. The molecular weight excluding hydrogens is 793 g/mol. The summed E-state index contributed by atoms with van der Waals surface area (Å²) >= 11 is 0. The van der Waals surface area contributed by atoms with Gasteiger partial charge in [-0.1, -0.05) is 247 Å². The van der Waals surface area contributed by atoms with E-state index in [4.69, 9.17) is 14.2 Å². The van der Waals surface area contributed by atoms with E-state index >= 15 is 0 Å². The summed E-state index contributed by atoms with van der Waals surface area (Å²) in [5, 5.41) is 0. The Kier molecular flexibility index (Phi) is 49.4. The molecule has 0 saturated heterocycles. The van der Waals surface area contributed by atoms with Gasteiger partial charge in [0.05, 0.1) is 0 Å². The van der Waals surface area contributed by atoms with Crippen molar-refractivity contribution < 1.29 is 28.6 Å². The third kappa shape index (κ3) is 49.6. The number of carbonyl (C=O) groups excluding carboxylic acids is 3. The minimum absolute atomic E-state index is 0.0935. The van der Waals surface area contributed by atoms with E-state index in [1.807, 2.05) is 48.6 Å². The second-order valence-corrected chi connectivity index (χ2v) is 17.6. The largest absolute Gasteiger partial charge is 0.462 e. The van der Waals surface area contributed by atoms with E-state index in [1.54, 1.807) is 0 Å². The van der Waals surface area contributed by atoms with Crippen molar-refractivity contribution in [3.05, 3.63) is 85.1 Å². The van der Waals surface area contributed by atoms with Gasteiger partial charge in [-0.25, -0.2) is 0 Å². The molecule has 0 aliphatic heterocycles. The molecule has 0 aliphatic rings. The predicted octanol–water partition coefficient (Wildman–Crippen LogP) is 17.6. The molecular formula is C58H98O6. The lowest BCUT2D eigenvalue weighted by atomic mass is 10.0. The molecule has 0 aromatic heterocycles. The second kappa shape index (κ2) is 52.2. The lowest BCUT2D eigenvalue weighted by Crippen LogP contribution is -2.30. The normalized spacial score (nSPS) is 12.7. The van der Waals surface area contributed by atoms with Gasteiger partial charge in [-0.2, -0.15) is 0 Å². The van der Waals surface area contributed by atoms with Crippen LogP contribution in [0.5, 0.6) is 0 Å². The molecule has 0 aromatic carbocycles. The maximum absolute atomic E-state index is 12.8. The first-order chi connectivity index (χ1) is 31.5. The molecule has 0 aliphatic carbocycles. The summed E-state index contributed by atoms with van der Waals surface area (Å²) in [5.74, 6) is -0.937. The zero-order valence-corrected chi connectivity index (χ0v) is 41.8. The zero-order valence-electron chi connectivity index (χ0n) is 41.8. The average molecular weight is 891 g/mol. The summed E-state index contributed by atoms with van der Waals surface area (Å²) in [6, 6.07) is 0. The fraction of sp³-hybridized carbons (Fsp3) is 0.707. The van der Waals surface area contributed by atoms with Crippen molar-refractivity contribution in [3.63, 3.8) is 0 Å². The molecule has 0 fully saturated rings. The van der Waals surface area contributed by atoms with Crippen molar-refractivity contribution >= 4 is 17.9 Å². The van der Waals surface area contributed by atoms with Gasteiger partial charge in [0.15, 0.2) is 6.10 Å². The monoisotopic (exact) mass is 891 g/mol. The smallest absolute Gasteiger partial charge is 0.306 e. The summed E-state index contributed by atoms with van der Waals surface area (Å²) < 4.78 is 16.8. The molecule has 0 saturated carbocycles. The van der Waals surface area contributed by atoms with Crippen LogP contribution in [-0.2, 0) is 28.6 Å². The molecule has 0 amide bonds. The number of hydrogen-bond acceptors (Lipinski definition) is 6. The van der Waals surface area contributed by atoms with Gasteiger partial charge in [0.1, 0.15) is 13.2 Å². The van der Waals surface area contributed by atoms with Crippen molar-refractivity contribution in [2.24, 2.45) is 0 Å². The molecule has 64 heavy (non-hydrogen) atoms. The van der Waals surface area contributed by atoms with Gasteiger partial charge in [0, 0.05) is 19.3 Å². The Morgan fingerprint density at radius 1 is 0.328 bits per heavy atom. The molecule has 0 N–H and O–H groups in total. The number of esters is 3. The number of unbranched alkanes of at least 4 members (excludes halogenated alkanes) is 27. The maximum atomic E-state index is 12.8. The highest BCUT2D eigenvalue weighted by Gasteiger charge is 2.19. The Balaban J connectivity index is 4.42. The van der Waals surface area contributed by atoms with Gasteiger partial charge in [0.25, 0.3) is 0 Å². The lowest BCUT2D eigenvalue weighted by Gasteiger charge is -2.18. The van der Waals surface area contributed by atoms with Crippen molar-refractivity contribution in [3.8, 4) is 0 Å². The van der Waals surface area contributed by atoms with Gasteiger partial charge in [-0.05, 0) is 64.2 Å². The molecule has 0 heterocycles. The Labute approximate surface area is 395 Å². The maximum Gasteiger partial charge on any atom is 0.306 e. The van der Waals surface area contributed by atoms with Crippen LogP contribution in [0.3, 0.4) is 0 Å². The first kappa shape index (κ1) is 60.6. The molecule has 0 aromatic rings. The van der Waals surface area contributed by atoms with E-state index in [0.717, 1.165) is 64.2 Å². The molecule has 6 nitrogen and oxygen atoms in total. The number of hydrogen-bond donors (Lipinski definition) is 0. The molecule has 0 bridgehead atoms.